The van der Waals surface area contributed by atoms with E-state index in [2.05, 4.69) is 9.98 Å². The van der Waals surface area contributed by atoms with Crippen LogP contribution in [0.2, 0.25) is 0 Å². The lowest BCUT2D eigenvalue weighted by molar-refractivity contribution is -0.133. The van der Waals surface area contributed by atoms with Crippen molar-refractivity contribution in [1.82, 2.24) is 9.97 Å². The lowest BCUT2D eigenvalue weighted by Crippen LogP contribution is -2.28. The highest BCUT2D eigenvalue weighted by Crippen LogP contribution is 2.49. The smallest absolute Gasteiger partial charge is 0.156 e. The summed E-state index contributed by atoms with van der Waals surface area (Å²) in [5.41, 5.74) is 3.37. The summed E-state index contributed by atoms with van der Waals surface area (Å²) in [7, 11) is 1.60. The number of nitrogens with zero attached hydrogens (tertiary/aromatic N) is 3. The minimum absolute atomic E-state index is 0.0798. The number of ketones is 2. The van der Waals surface area contributed by atoms with E-state index in [4.69, 9.17) is 14.5 Å². The maximum absolute atomic E-state index is 13.2. The standard InChI is InChI=1S/C32H26FN3O4/c1-39-27-18-25-31(36-30(27)22-10-14-34-19-22)26(11-15-35-25)40-24-8-4-21(5-9-24)17-29(38)32(12-13-32)28(37)16-20-2-6-23(33)7-3-20/h2-11,15,18-19H,12-14,16-17H2,1H3. The van der Waals surface area contributed by atoms with Crippen LogP contribution in [0, 0.1) is 11.2 Å². The average Bonchev–Trinajstić information content (AvgIpc) is 3.62. The van der Waals surface area contributed by atoms with Crippen molar-refractivity contribution in [1.29, 1.82) is 0 Å². The summed E-state index contributed by atoms with van der Waals surface area (Å²) < 4.78 is 24.9. The molecule has 2 aromatic carbocycles. The van der Waals surface area contributed by atoms with Crippen molar-refractivity contribution in [3.63, 3.8) is 0 Å². The van der Waals surface area contributed by atoms with E-state index < -0.39 is 5.41 Å². The molecular formula is C32H26FN3O4. The lowest BCUT2D eigenvalue weighted by Gasteiger charge is -2.14. The number of allylic oxidation sites excluding steroid dienone is 1. The van der Waals surface area contributed by atoms with E-state index in [1.54, 1.807) is 49.9 Å². The average molecular weight is 536 g/mol. The molecule has 200 valence electrons. The van der Waals surface area contributed by atoms with Gasteiger partial charge in [0, 0.05) is 43.0 Å². The Hall–Kier alpha value is -4.72. The Kier molecular flexibility index (Phi) is 6.67. The molecular weight excluding hydrogens is 509 g/mol. The van der Waals surface area contributed by atoms with Crippen LogP contribution in [-0.4, -0.2) is 41.4 Å². The van der Waals surface area contributed by atoms with Gasteiger partial charge < -0.3 is 9.47 Å². The highest BCUT2D eigenvalue weighted by Gasteiger charge is 2.54. The van der Waals surface area contributed by atoms with Crippen molar-refractivity contribution in [2.24, 2.45) is 10.4 Å². The number of carbonyl (C=O) groups excluding carboxylic acids is 2. The summed E-state index contributed by atoms with van der Waals surface area (Å²) in [6.45, 7) is 0.604. The molecule has 0 spiro atoms. The van der Waals surface area contributed by atoms with Crippen LogP contribution < -0.4 is 9.47 Å². The summed E-state index contributed by atoms with van der Waals surface area (Å²) >= 11 is 0. The molecule has 40 heavy (non-hydrogen) atoms. The molecule has 8 heteroatoms. The molecule has 0 atom stereocenters. The predicted octanol–water partition coefficient (Wildman–Crippen LogP) is 5.74. The monoisotopic (exact) mass is 535 g/mol. The number of methoxy groups -OCH3 is 1. The van der Waals surface area contributed by atoms with Gasteiger partial charge in [0.1, 0.15) is 28.5 Å². The largest absolute Gasteiger partial charge is 0.494 e. The molecule has 3 heterocycles. The zero-order valence-corrected chi connectivity index (χ0v) is 21.9. The number of aliphatic imine (C=N–C) groups is 1. The molecule has 1 aliphatic carbocycles. The van der Waals surface area contributed by atoms with Gasteiger partial charge in [-0.15, -0.1) is 0 Å². The Morgan fingerprint density at radius 2 is 1.60 bits per heavy atom. The first-order valence-corrected chi connectivity index (χ1v) is 13.1. The molecule has 0 saturated heterocycles. The molecule has 4 aromatic rings. The zero-order valence-electron chi connectivity index (χ0n) is 21.9. The molecule has 0 amide bonds. The van der Waals surface area contributed by atoms with E-state index in [-0.39, 0.29) is 30.2 Å². The minimum atomic E-state index is -0.927. The van der Waals surface area contributed by atoms with E-state index in [0.29, 0.717) is 58.9 Å². The van der Waals surface area contributed by atoms with Crippen molar-refractivity contribution in [3.8, 4) is 17.2 Å². The fourth-order valence-corrected chi connectivity index (χ4v) is 4.94. The molecule has 0 N–H and O–H groups in total. The number of benzene rings is 2. The highest BCUT2D eigenvalue weighted by atomic mass is 19.1. The van der Waals surface area contributed by atoms with Crippen LogP contribution >= 0.6 is 0 Å². The third-order valence-corrected chi connectivity index (χ3v) is 7.39. The Balaban J connectivity index is 1.16. The van der Waals surface area contributed by atoms with Crippen LogP contribution in [-0.2, 0) is 22.4 Å². The van der Waals surface area contributed by atoms with E-state index in [0.717, 1.165) is 11.1 Å². The Morgan fingerprint density at radius 1 is 0.925 bits per heavy atom. The van der Waals surface area contributed by atoms with Gasteiger partial charge in [0.05, 0.1) is 24.6 Å². The second-order valence-corrected chi connectivity index (χ2v) is 10.0. The van der Waals surface area contributed by atoms with Gasteiger partial charge in [-0.3, -0.25) is 19.6 Å². The van der Waals surface area contributed by atoms with Crippen LogP contribution in [0.1, 0.15) is 29.7 Å². The van der Waals surface area contributed by atoms with Gasteiger partial charge in [-0.25, -0.2) is 9.37 Å². The van der Waals surface area contributed by atoms with Gasteiger partial charge in [-0.05, 0) is 48.2 Å². The van der Waals surface area contributed by atoms with Crippen molar-refractivity contribution in [2.45, 2.75) is 25.7 Å². The van der Waals surface area contributed by atoms with Crippen LogP contribution in [0.4, 0.5) is 4.39 Å². The van der Waals surface area contributed by atoms with Crippen molar-refractivity contribution in [3.05, 3.63) is 95.6 Å². The molecule has 0 bridgehead atoms. The van der Waals surface area contributed by atoms with E-state index >= 15 is 0 Å². The molecule has 1 fully saturated rings. The Labute approximate surface area is 230 Å². The quantitative estimate of drug-likeness (QED) is 0.241. The maximum atomic E-state index is 13.2. The number of pyridine rings is 2. The number of carbonyl (C=O) groups is 2. The second kappa shape index (κ2) is 10.4. The van der Waals surface area contributed by atoms with Crippen molar-refractivity contribution >= 4 is 34.4 Å². The van der Waals surface area contributed by atoms with Crippen LogP contribution in [0.15, 0.2) is 77.9 Å². The first-order chi connectivity index (χ1) is 19.4. The molecule has 0 radical (unpaired) electrons. The van der Waals surface area contributed by atoms with Gasteiger partial charge in [0.15, 0.2) is 17.3 Å². The zero-order chi connectivity index (χ0) is 27.7. The first-order valence-electron chi connectivity index (χ1n) is 13.1. The third kappa shape index (κ3) is 5.00. The molecule has 6 rings (SSSR count). The van der Waals surface area contributed by atoms with Crippen LogP contribution in [0.25, 0.3) is 16.6 Å². The Bertz CT molecular complexity index is 1670. The topological polar surface area (TPSA) is 90.7 Å². The number of Topliss-reactive ketones (excluding diaryl/α,β-unsaturated/α-hetero) is 2. The van der Waals surface area contributed by atoms with Crippen molar-refractivity contribution < 1.29 is 23.5 Å². The number of rotatable bonds is 10. The van der Waals surface area contributed by atoms with Crippen LogP contribution in [0.5, 0.6) is 17.2 Å². The summed E-state index contributed by atoms with van der Waals surface area (Å²) in [6, 6.07) is 16.7. The lowest BCUT2D eigenvalue weighted by atomic mass is 9.88. The number of halogens is 1. The number of hydrogen-bond donors (Lipinski definition) is 0. The summed E-state index contributed by atoms with van der Waals surface area (Å²) in [4.78, 5) is 39.6. The minimum Gasteiger partial charge on any atom is -0.494 e. The fourth-order valence-electron chi connectivity index (χ4n) is 4.94. The SMILES string of the molecule is COc1cc2nccc(Oc3ccc(CC(=O)C4(C(=O)Cc5ccc(F)cc5)CC4)cc3)c2nc1C1=CCN=C1. The number of ether oxygens (including phenoxy) is 2. The first kappa shape index (κ1) is 25.6. The molecule has 2 aromatic heterocycles. The third-order valence-electron chi connectivity index (χ3n) is 7.39. The number of fused-ring (bicyclic) bond motifs is 1. The summed E-state index contributed by atoms with van der Waals surface area (Å²) in [6.07, 6.45) is 6.82. The van der Waals surface area contributed by atoms with Gasteiger partial charge in [-0.2, -0.15) is 0 Å². The normalized spacial score (nSPS) is 15.1. The predicted molar refractivity (Wildman–Crippen MR) is 149 cm³/mol. The molecule has 7 nitrogen and oxygen atoms in total. The molecule has 0 unspecified atom stereocenters. The van der Waals surface area contributed by atoms with Gasteiger partial charge in [0.25, 0.3) is 0 Å². The molecule has 1 saturated carbocycles. The van der Waals surface area contributed by atoms with E-state index in [1.165, 1.54) is 12.1 Å². The highest BCUT2D eigenvalue weighted by molar-refractivity contribution is 6.12. The van der Waals surface area contributed by atoms with Crippen LogP contribution in [0.3, 0.4) is 0 Å². The van der Waals surface area contributed by atoms with E-state index in [1.807, 2.05) is 24.3 Å². The summed E-state index contributed by atoms with van der Waals surface area (Å²) in [5.74, 6) is 1.20. The molecule has 2 aliphatic rings. The van der Waals surface area contributed by atoms with Gasteiger partial charge >= 0.3 is 0 Å². The Morgan fingerprint density at radius 3 is 2.20 bits per heavy atom. The number of aromatic nitrogens is 2. The number of hydrogen-bond acceptors (Lipinski definition) is 7. The van der Waals surface area contributed by atoms with Crippen molar-refractivity contribution in [2.75, 3.05) is 13.7 Å². The van der Waals surface area contributed by atoms with E-state index in [9.17, 15) is 14.0 Å². The second-order valence-electron chi connectivity index (χ2n) is 10.0. The van der Waals surface area contributed by atoms with Gasteiger partial charge in [-0.1, -0.05) is 30.3 Å². The van der Waals surface area contributed by atoms with Gasteiger partial charge in [0.2, 0.25) is 0 Å². The fraction of sp³-hybridized carbons (Fsp3) is 0.219. The maximum Gasteiger partial charge on any atom is 0.156 e. The molecule has 1 aliphatic heterocycles. The summed E-state index contributed by atoms with van der Waals surface area (Å²) in [5, 5.41) is 0.